The van der Waals surface area contributed by atoms with Crippen LogP contribution < -0.4 is 16.2 Å². The lowest BCUT2D eigenvalue weighted by atomic mass is 9.98. The van der Waals surface area contributed by atoms with Crippen molar-refractivity contribution in [3.8, 4) is 0 Å². The van der Waals surface area contributed by atoms with E-state index in [-0.39, 0.29) is 24.6 Å². The van der Waals surface area contributed by atoms with Crippen LogP contribution in [-0.2, 0) is 16.1 Å². The average Bonchev–Trinajstić information content (AvgIpc) is 3.08. The molecule has 0 aromatic carbocycles. The Bertz CT molecular complexity index is 792. The summed E-state index contributed by atoms with van der Waals surface area (Å²) in [6.07, 6.45) is 3.02. The first-order valence-electron chi connectivity index (χ1n) is 8.43. The standard InChI is InChI=1S/C17H22N4O4/c1-10-7-11(2)19-14(23)12(10)8-18-13(22)9-21-15(24)17(20-16(21)25)5-3-4-6-17/h7H,3-6,8-9H2,1-2H3,(H,18,22)(H,19,23)(H,20,25). The van der Waals surface area contributed by atoms with Crippen LogP contribution in [0.5, 0.6) is 0 Å². The predicted molar refractivity (Wildman–Crippen MR) is 89.8 cm³/mol. The SMILES string of the molecule is Cc1cc(C)c(CNC(=O)CN2C(=O)NC3(CCCC3)C2=O)c(=O)[nH]1. The van der Waals surface area contributed by atoms with Crippen molar-refractivity contribution in [2.45, 2.75) is 51.6 Å². The second kappa shape index (κ2) is 6.34. The zero-order valence-corrected chi connectivity index (χ0v) is 14.4. The molecule has 134 valence electrons. The van der Waals surface area contributed by atoms with Gasteiger partial charge in [0, 0.05) is 17.8 Å². The van der Waals surface area contributed by atoms with Crippen LogP contribution >= 0.6 is 0 Å². The molecule has 1 aromatic rings. The Balaban J connectivity index is 1.63. The molecular weight excluding hydrogens is 324 g/mol. The molecular formula is C17H22N4O4. The molecule has 25 heavy (non-hydrogen) atoms. The van der Waals surface area contributed by atoms with Crippen molar-refractivity contribution >= 4 is 17.8 Å². The van der Waals surface area contributed by atoms with Crippen LogP contribution in [0.15, 0.2) is 10.9 Å². The number of hydrogen-bond acceptors (Lipinski definition) is 4. The van der Waals surface area contributed by atoms with Gasteiger partial charge in [-0.15, -0.1) is 0 Å². The first-order chi connectivity index (χ1) is 11.8. The lowest BCUT2D eigenvalue weighted by Crippen LogP contribution is -2.45. The number of imide groups is 1. The van der Waals surface area contributed by atoms with Crippen LogP contribution in [0.3, 0.4) is 0 Å². The van der Waals surface area contributed by atoms with E-state index in [1.165, 1.54) is 0 Å². The molecule has 1 saturated heterocycles. The summed E-state index contributed by atoms with van der Waals surface area (Å²) < 4.78 is 0. The average molecular weight is 346 g/mol. The normalized spacial score (nSPS) is 18.7. The predicted octanol–water partition coefficient (Wildman–Crippen LogP) is 0.473. The van der Waals surface area contributed by atoms with Gasteiger partial charge in [0.05, 0.1) is 0 Å². The molecule has 2 aliphatic rings. The zero-order valence-electron chi connectivity index (χ0n) is 14.4. The summed E-state index contributed by atoms with van der Waals surface area (Å²) in [6.45, 7) is 3.29. The highest BCUT2D eigenvalue weighted by molar-refractivity contribution is 6.09. The van der Waals surface area contributed by atoms with Crippen molar-refractivity contribution in [2.24, 2.45) is 0 Å². The number of pyridine rings is 1. The number of carbonyl (C=O) groups excluding carboxylic acids is 3. The molecule has 1 aliphatic carbocycles. The highest BCUT2D eigenvalue weighted by atomic mass is 16.2. The summed E-state index contributed by atoms with van der Waals surface area (Å²) in [5.41, 5.74) is 0.920. The Morgan fingerprint density at radius 1 is 1.24 bits per heavy atom. The number of amides is 4. The van der Waals surface area contributed by atoms with Gasteiger partial charge in [-0.2, -0.15) is 0 Å². The van der Waals surface area contributed by atoms with E-state index < -0.39 is 17.5 Å². The van der Waals surface area contributed by atoms with Gasteiger partial charge < -0.3 is 15.6 Å². The Morgan fingerprint density at radius 2 is 1.92 bits per heavy atom. The summed E-state index contributed by atoms with van der Waals surface area (Å²) in [7, 11) is 0. The Labute approximate surface area is 145 Å². The second-order valence-electron chi connectivity index (χ2n) is 6.83. The number of aromatic amines is 1. The van der Waals surface area contributed by atoms with Crippen LogP contribution in [0.1, 0.15) is 42.5 Å². The number of urea groups is 1. The van der Waals surface area contributed by atoms with Gasteiger partial charge in [0.2, 0.25) is 5.91 Å². The molecule has 2 fully saturated rings. The van der Waals surface area contributed by atoms with Crippen LogP contribution in [0.2, 0.25) is 0 Å². The van der Waals surface area contributed by atoms with Gasteiger partial charge in [-0.05, 0) is 38.3 Å². The van der Waals surface area contributed by atoms with Gasteiger partial charge in [-0.3, -0.25) is 19.3 Å². The molecule has 0 unspecified atom stereocenters. The van der Waals surface area contributed by atoms with E-state index in [1.807, 2.05) is 6.07 Å². The summed E-state index contributed by atoms with van der Waals surface area (Å²) in [6, 6.07) is 1.30. The maximum atomic E-state index is 12.5. The fraction of sp³-hybridized carbons (Fsp3) is 0.529. The molecule has 2 heterocycles. The van der Waals surface area contributed by atoms with E-state index in [2.05, 4.69) is 15.6 Å². The van der Waals surface area contributed by atoms with Crippen LogP contribution in [-0.4, -0.2) is 39.8 Å². The van der Waals surface area contributed by atoms with Gasteiger partial charge in [-0.25, -0.2) is 4.79 Å². The van der Waals surface area contributed by atoms with Crippen molar-refractivity contribution < 1.29 is 14.4 Å². The topological polar surface area (TPSA) is 111 Å². The van der Waals surface area contributed by atoms with Gasteiger partial charge in [0.15, 0.2) is 0 Å². The van der Waals surface area contributed by atoms with Gasteiger partial charge in [0.25, 0.3) is 11.5 Å². The molecule has 8 heteroatoms. The summed E-state index contributed by atoms with van der Waals surface area (Å²) in [4.78, 5) is 52.3. The molecule has 1 aromatic heterocycles. The quantitative estimate of drug-likeness (QED) is 0.688. The van der Waals surface area contributed by atoms with E-state index in [0.717, 1.165) is 29.0 Å². The number of rotatable bonds is 4. The molecule has 0 radical (unpaired) electrons. The Kier molecular flexibility index (Phi) is 4.36. The minimum absolute atomic E-state index is 0.0507. The Morgan fingerprint density at radius 3 is 2.56 bits per heavy atom. The number of hydrogen-bond donors (Lipinski definition) is 3. The number of carbonyl (C=O) groups is 3. The van der Waals surface area contributed by atoms with E-state index >= 15 is 0 Å². The van der Waals surface area contributed by atoms with Gasteiger partial charge in [0.1, 0.15) is 12.1 Å². The van der Waals surface area contributed by atoms with Crippen molar-refractivity contribution in [3.63, 3.8) is 0 Å². The summed E-state index contributed by atoms with van der Waals surface area (Å²) >= 11 is 0. The number of nitrogens with one attached hydrogen (secondary N) is 3. The molecule has 8 nitrogen and oxygen atoms in total. The third kappa shape index (κ3) is 3.16. The van der Waals surface area contributed by atoms with Crippen molar-refractivity contribution in [1.82, 2.24) is 20.5 Å². The van der Waals surface area contributed by atoms with Crippen molar-refractivity contribution in [1.29, 1.82) is 0 Å². The van der Waals surface area contributed by atoms with Crippen LogP contribution in [0, 0.1) is 13.8 Å². The molecule has 0 atom stereocenters. The third-order valence-corrected chi connectivity index (χ3v) is 4.96. The molecule has 4 amide bonds. The summed E-state index contributed by atoms with van der Waals surface area (Å²) in [5, 5.41) is 5.35. The maximum absolute atomic E-state index is 12.5. The van der Waals surface area contributed by atoms with E-state index in [0.29, 0.717) is 18.4 Å². The maximum Gasteiger partial charge on any atom is 0.325 e. The van der Waals surface area contributed by atoms with E-state index in [9.17, 15) is 19.2 Å². The molecule has 3 rings (SSSR count). The number of aromatic nitrogens is 1. The molecule has 0 bridgehead atoms. The second-order valence-corrected chi connectivity index (χ2v) is 6.83. The van der Waals surface area contributed by atoms with E-state index in [4.69, 9.17) is 0 Å². The molecule has 1 spiro atoms. The molecule has 3 N–H and O–H groups in total. The zero-order chi connectivity index (χ0) is 18.2. The smallest absolute Gasteiger partial charge is 0.325 e. The van der Waals surface area contributed by atoms with Crippen molar-refractivity contribution in [3.05, 3.63) is 33.2 Å². The number of nitrogens with zero attached hydrogens (tertiary/aromatic N) is 1. The first kappa shape index (κ1) is 17.2. The van der Waals surface area contributed by atoms with Crippen molar-refractivity contribution in [2.75, 3.05) is 6.54 Å². The third-order valence-electron chi connectivity index (χ3n) is 4.96. The lowest BCUT2D eigenvalue weighted by molar-refractivity contribution is -0.134. The first-order valence-corrected chi connectivity index (χ1v) is 8.43. The van der Waals surface area contributed by atoms with Gasteiger partial charge in [-0.1, -0.05) is 12.8 Å². The molecule has 1 saturated carbocycles. The van der Waals surface area contributed by atoms with Gasteiger partial charge >= 0.3 is 6.03 Å². The fourth-order valence-electron chi connectivity index (χ4n) is 3.62. The number of H-pyrrole nitrogens is 1. The number of aryl methyl sites for hydroxylation is 2. The van der Waals surface area contributed by atoms with Crippen LogP contribution in [0.25, 0.3) is 0 Å². The minimum Gasteiger partial charge on any atom is -0.350 e. The summed E-state index contributed by atoms with van der Waals surface area (Å²) in [5.74, 6) is -0.799. The largest absolute Gasteiger partial charge is 0.350 e. The van der Waals surface area contributed by atoms with E-state index in [1.54, 1.807) is 13.8 Å². The minimum atomic E-state index is -0.817. The monoisotopic (exact) mass is 346 g/mol. The lowest BCUT2D eigenvalue weighted by Gasteiger charge is -2.19. The molecule has 1 aliphatic heterocycles. The fourth-order valence-corrected chi connectivity index (χ4v) is 3.62. The highest BCUT2D eigenvalue weighted by Crippen LogP contribution is 2.34. The highest BCUT2D eigenvalue weighted by Gasteiger charge is 2.52. The van der Waals surface area contributed by atoms with Crippen LogP contribution in [0.4, 0.5) is 4.79 Å². The Hall–Kier alpha value is -2.64.